The maximum Gasteiger partial charge on any atom is 0.329 e. The van der Waals surface area contributed by atoms with Crippen LogP contribution in [0.15, 0.2) is 66.2 Å². The van der Waals surface area contributed by atoms with Crippen LogP contribution in [0.3, 0.4) is 0 Å². The van der Waals surface area contributed by atoms with E-state index in [0.29, 0.717) is 43.0 Å². The predicted molar refractivity (Wildman–Crippen MR) is 158 cm³/mol. The minimum Gasteiger partial charge on any atom is -0.492 e. The molecule has 1 fully saturated rings. The highest BCUT2D eigenvalue weighted by Crippen LogP contribution is 2.56. The van der Waals surface area contributed by atoms with Crippen molar-refractivity contribution >= 4 is 44.8 Å². The summed E-state index contributed by atoms with van der Waals surface area (Å²) in [6, 6.07) is 16.3. The van der Waals surface area contributed by atoms with Crippen molar-refractivity contribution in [2.24, 2.45) is 11.8 Å². The second-order valence-electron chi connectivity index (χ2n) is 11.5. The van der Waals surface area contributed by atoms with Gasteiger partial charge in [-0.1, -0.05) is 30.7 Å². The molecule has 2 N–H and O–H groups in total. The smallest absolute Gasteiger partial charge is 0.329 e. The van der Waals surface area contributed by atoms with E-state index in [4.69, 9.17) is 16.3 Å². The standard InChI is InChI=1S/C32H32ClFN2O3S/c1-20(19-39-28-7-13-35-27-8-14-40-29(27)28)15-22-16-21-17-24(34)5-6-26(21)31(22)9-11-32(12-10-31,30(37)38)36-25-4-2-3-23(33)18-25/h2-8,13-14,17-18,20,22,36H,9-12,15-16,19H2,1H3,(H,37,38)/t20-,22+,31?,32?/m1/s1. The van der Waals surface area contributed by atoms with Crippen LogP contribution in [0.25, 0.3) is 10.2 Å². The van der Waals surface area contributed by atoms with Crippen LogP contribution < -0.4 is 10.1 Å². The average molecular weight is 579 g/mol. The van der Waals surface area contributed by atoms with Crippen LogP contribution in [0.1, 0.15) is 50.2 Å². The first kappa shape index (κ1) is 27.0. The number of nitrogens with zero attached hydrogens (tertiary/aromatic N) is 1. The molecule has 2 aromatic heterocycles. The molecule has 0 unspecified atom stereocenters. The number of halogens is 2. The highest BCUT2D eigenvalue weighted by Gasteiger charge is 2.54. The molecular weight excluding hydrogens is 547 g/mol. The lowest BCUT2D eigenvalue weighted by molar-refractivity contribution is -0.144. The van der Waals surface area contributed by atoms with Gasteiger partial charge >= 0.3 is 5.97 Å². The molecule has 0 saturated heterocycles. The molecule has 6 rings (SSSR count). The Morgan fingerprint density at radius 2 is 2.02 bits per heavy atom. The number of rotatable bonds is 8. The fraction of sp³-hybridized carbons (Fsp3) is 0.375. The number of hydrogen-bond donors (Lipinski definition) is 2. The second-order valence-corrected chi connectivity index (χ2v) is 12.8. The highest BCUT2D eigenvalue weighted by molar-refractivity contribution is 7.17. The van der Waals surface area contributed by atoms with E-state index in [1.165, 1.54) is 5.56 Å². The number of pyridine rings is 1. The largest absolute Gasteiger partial charge is 0.492 e. The zero-order valence-electron chi connectivity index (χ0n) is 22.3. The number of carbonyl (C=O) groups is 1. The van der Waals surface area contributed by atoms with Crippen LogP contribution in [0.2, 0.25) is 5.02 Å². The summed E-state index contributed by atoms with van der Waals surface area (Å²) in [5.41, 5.74) is 2.62. The first-order valence-corrected chi connectivity index (χ1v) is 15.0. The van der Waals surface area contributed by atoms with Gasteiger partial charge in [-0.05, 0) is 115 Å². The Balaban J connectivity index is 1.22. The van der Waals surface area contributed by atoms with Crippen LogP contribution in [0.5, 0.6) is 5.75 Å². The van der Waals surface area contributed by atoms with E-state index >= 15 is 0 Å². The third-order valence-corrected chi connectivity index (χ3v) is 10.1. The molecule has 2 aromatic carbocycles. The van der Waals surface area contributed by atoms with E-state index in [9.17, 15) is 14.3 Å². The first-order chi connectivity index (χ1) is 19.3. The molecule has 1 saturated carbocycles. The lowest BCUT2D eigenvalue weighted by atomic mass is 9.59. The van der Waals surface area contributed by atoms with Crippen LogP contribution in [-0.4, -0.2) is 28.2 Å². The first-order valence-electron chi connectivity index (χ1n) is 13.8. The molecule has 1 spiro atoms. The minimum absolute atomic E-state index is 0.191. The number of fused-ring (bicyclic) bond motifs is 3. The quantitative estimate of drug-likeness (QED) is 0.221. The van der Waals surface area contributed by atoms with Gasteiger partial charge in [0.1, 0.15) is 17.1 Å². The van der Waals surface area contributed by atoms with Gasteiger partial charge in [0.15, 0.2) is 0 Å². The molecule has 4 aromatic rings. The minimum atomic E-state index is -1.08. The molecule has 2 heterocycles. The van der Waals surface area contributed by atoms with Gasteiger partial charge in [-0.2, -0.15) is 0 Å². The van der Waals surface area contributed by atoms with Crippen molar-refractivity contribution in [3.05, 3.63) is 88.1 Å². The maximum atomic E-state index is 14.3. The number of nitrogens with one attached hydrogen (secondary N) is 1. The molecule has 0 radical (unpaired) electrons. The summed E-state index contributed by atoms with van der Waals surface area (Å²) < 4.78 is 21.6. The van der Waals surface area contributed by atoms with Crippen molar-refractivity contribution in [3.8, 4) is 5.75 Å². The van der Waals surface area contributed by atoms with Crippen LogP contribution in [0.4, 0.5) is 10.1 Å². The lowest BCUT2D eigenvalue weighted by Crippen LogP contribution is -2.53. The fourth-order valence-corrected chi connectivity index (χ4v) is 8.00. The topological polar surface area (TPSA) is 71.5 Å². The van der Waals surface area contributed by atoms with Gasteiger partial charge in [-0.25, -0.2) is 9.18 Å². The fourth-order valence-electron chi connectivity index (χ4n) is 6.99. The number of hydrogen-bond acceptors (Lipinski definition) is 5. The van der Waals surface area contributed by atoms with Crippen molar-refractivity contribution < 1.29 is 19.0 Å². The Labute approximate surface area is 242 Å². The molecular formula is C32H32ClFN2O3S. The Morgan fingerprint density at radius 1 is 1.20 bits per heavy atom. The van der Waals surface area contributed by atoms with Crippen molar-refractivity contribution in [1.82, 2.24) is 4.98 Å². The molecule has 2 aliphatic carbocycles. The van der Waals surface area contributed by atoms with Crippen molar-refractivity contribution in [2.75, 3.05) is 11.9 Å². The van der Waals surface area contributed by atoms with Gasteiger partial charge in [0.25, 0.3) is 0 Å². The van der Waals surface area contributed by atoms with Gasteiger partial charge < -0.3 is 15.2 Å². The van der Waals surface area contributed by atoms with E-state index in [2.05, 4.69) is 17.2 Å². The van der Waals surface area contributed by atoms with Crippen LogP contribution in [-0.2, 0) is 16.6 Å². The van der Waals surface area contributed by atoms with E-state index in [1.54, 1.807) is 41.8 Å². The number of aromatic nitrogens is 1. The highest BCUT2D eigenvalue weighted by atomic mass is 35.5. The summed E-state index contributed by atoms with van der Waals surface area (Å²) in [7, 11) is 0. The number of anilines is 1. The number of thiophene rings is 1. The molecule has 208 valence electrons. The summed E-state index contributed by atoms with van der Waals surface area (Å²) >= 11 is 7.81. The summed E-state index contributed by atoms with van der Waals surface area (Å²) in [6.07, 6.45) is 5.86. The number of aliphatic carboxylic acids is 1. The second kappa shape index (κ2) is 10.7. The molecule has 8 heteroatoms. The summed E-state index contributed by atoms with van der Waals surface area (Å²) in [5, 5.41) is 16.3. The third-order valence-electron chi connectivity index (χ3n) is 8.98. The van der Waals surface area contributed by atoms with E-state index in [-0.39, 0.29) is 23.1 Å². The van der Waals surface area contributed by atoms with Gasteiger partial charge in [0, 0.05) is 16.9 Å². The zero-order chi connectivity index (χ0) is 27.9. The van der Waals surface area contributed by atoms with Gasteiger partial charge in [0.05, 0.1) is 16.8 Å². The number of ether oxygens (including phenoxy) is 1. The molecule has 2 aliphatic rings. The van der Waals surface area contributed by atoms with E-state index in [1.807, 2.05) is 35.7 Å². The Morgan fingerprint density at radius 3 is 2.80 bits per heavy atom. The Kier molecular flexibility index (Phi) is 7.21. The van der Waals surface area contributed by atoms with Gasteiger partial charge in [-0.15, -0.1) is 11.3 Å². The number of benzene rings is 2. The Bertz CT molecular complexity index is 1550. The molecule has 0 amide bonds. The Hall–Kier alpha value is -3.16. The number of carboxylic acid groups (broad SMARTS) is 1. The summed E-state index contributed by atoms with van der Waals surface area (Å²) in [5.74, 6) is 0.325. The molecule has 2 atom stereocenters. The monoisotopic (exact) mass is 578 g/mol. The molecule has 5 nitrogen and oxygen atoms in total. The molecule has 0 bridgehead atoms. The molecule has 0 aliphatic heterocycles. The van der Waals surface area contributed by atoms with E-state index < -0.39 is 11.5 Å². The lowest BCUT2D eigenvalue weighted by Gasteiger charge is -2.47. The van der Waals surface area contributed by atoms with E-state index in [0.717, 1.165) is 34.4 Å². The normalized spacial score (nSPS) is 24.6. The van der Waals surface area contributed by atoms with Crippen LogP contribution >= 0.6 is 22.9 Å². The predicted octanol–water partition coefficient (Wildman–Crippen LogP) is 8.11. The zero-order valence-corrected chi connectivity index (χ0v) is 23.9. The van der Waals surface area contributed by atoms with Crippen molar-refractivity contribution in [1.29, 1.82) is 0 Å². The number of carboxylic acids is 1. The van der Waals surface area contributed by atoms with Gasteiger partial charge in [-0.3, -0.25) is 4.98 Å². The van der Waals surface area contributed by atoms with Crippen molar-refractivity contribution in [3.63, 3.8) is 0 Å². The molecule has 40 heavy (non-hydrogen) atoms. The average Bonchev–Trinajstić information content (AvgIpc) is 3.52. The summed E-state index contributed by atoms with van der Waals surface area (Å²) in [6.45, 7) is 2.78. The summed E-state index contributed by atoms with van der Waals surface area (Å²) in [4.78, 5) is 17.0. The maximum absolute atomic E-state index is 14.3. The van der Waals surface area contributed by atoms with Crippen molar-refractivity contribution in [2.45, 2.75) is 56.4 Å². The third kappa shape index (κ3) is 4.94. The van der Waals surface area contributed by atoms with Gasteiger partial charge in [0.2, 0.25) is 0 Å². The van der Waals surface area contributed by atoms with Crippen LogP contribution in [0, 0.1) is 17.7 Å². The SMILES string of the molecule is C[C@@H](COc1ccnc2ccsc12)C[C@H]1Cc2cc(F)ccc2C12CCC(Nc1cccc(Cl)c1)(C(=O)O)CC2.